The summed E-state index contributed by atoms with van der Waals surface area (Å²) in [5.74, 6) is -0.540. The number of ether oxygens (including phenoxy) is 1. The summed E-state index contributed by atoms with van der Waals surface area (Å²) >= 11 is 6.88. The summed E-state index contributed by atoms with van der Waals surface area (Å²) < 4.78 is 7.11. The van der Waals surface area contributed by atoms with Crippen LogP contribution in [0.25, 0.3) is 6.08 Å². The lowest BCUT2D eigenvalue weighted by Crippen LogP contribution is -2.21. The van der Waals surface area contributed by atoms with Gasteiger partial charge in [-0.2, -0.15) is 5.26 Å². The SMILES string of the molecule is Cc1ccc(NC(=O)/C(C#N)=C/c2cc(Br)cc(Br)c2OCC(=O)Nc2cccc(C)c2C)c(C)c1. The molecule has 0 fully saturated rings. The average molecular weight is 611 g/mol. The molecule has 0 unspecified atom stereocenters. The van der Waals surface area contributed by atoms with Gasteiger partial charge in [-0.1, -0.05) is 45.8 Å². The third-order valence-electron chi connectivity index (χ3n) is 5.56. The molecule has 0 aliphatic heterocycles. The average Bonchev–Trinajstić information content (AvgIpc) is 2.81. The van der Waals surface area contributed by atoms with E-state index < -0.39 is 5.91 Å². The van der Waals surface area contributed by atoms with Gasteiger partial charge in [-0.05, 0) is 90.7 Å². The summed E-state index contributed by atoms with van der Waals surface area (Å²) in [6.07, 6.45) is 1.44. The molecule has 0 heterocycles. The first kappa shape index (κ1) is 27.2. The van der Waals surface area contributed by atoms with Gasteiger partial charge in [-0.3, -0.25) is 9.59 Å². The second-order valence-electron chi connectivity index (χ2n) is 8.33. The van der Waals surface area contributed by atoms with E-state index in [4.69, 9.17) is 4.74 Å². The van der Waals surface area contributed by atoms with Crippen molar-refractivity contribution in [2.75, 3.05) is 17.2 Å². The topological polar surface area (TPSA) is 91.2 Å². The molecule has 2 amide bonds. The third kappa shape index (κ3) is 6.84. The van der Waals surface area contributed by atoms with E-state index >= 15 is 0 Å². The number of hydrogen-bond donors (Lipinski definition) is 2. The van der Waals surface area contributed by atoms with E-state index in [1.165, 1.54) is 6.08 Å². The van der Waals surface area contributed by atoms with E-state index in [0.717, 1.165) is 22.3 Å². The van der Waals surface area contributed by atoms with E-state index in [9.17, 15) is 14.9 Å². The van der Waals surface area contributed by atoms with E-state index in [1.54, 1.807) is 18.2 Å². The van der Waals surface area contributed by atoms with Crippen molar-refractivity contribution in [2.24, 2.45) is 0 Å². The number of rotatable bonds is 7. The van der Waals surface area contributed by atoms with Crippen LogP contribution in [-0.4, -0.2) is 18.4 Å². The zero-order valence-electron chi connectivity index (χ0n) is 20.3. The van der Waals surface area contributed by atoms with E-state index in [0.29, 0.717) is 31.6 Å². The maximum absolute atomic E-state index is 12.9. The van der Waals surface area contributed by atoms with Gasteiger partial charge < -0.3 is 15.4 Å². The van der Waals surface area contributed by atoms with Crippen molar-refractivity contribution in [1.82, 2.24) is 0 Å². The lowest BCUT2D eigenvalue weighted by molar-refractivity contribution is -0.118. The minimum Gasteiger partial charge on any atom is -0.482 e. The largest absolute Gasteiger partial charge is 0.482 e. The van der Waals surface area contributed by atoms with Gasteiger partial charge in [0.25, 0.3) is 11.8 Å². The van der Waals surface area contributed by atoms with Crippen molar-refractivity contribution in [1.29, 1.82) is 5.26 Å². The molecule has 6 nitrogen and oxygen atoms in total. The lowest BCUT2D eigenvalue weighted by Gasteiger charge is -2.14. The molecule has 8 heteroatoms. The highest BCUT2D eigenvalue weighted by atomic mass is 79.9. The fraction of sp³-hybridized carbons (Fsp3) is 0.179. The van der Waals surface area contributed by atoms with Crippen LogP contribution in [0, 0.1) is 39.0 Å². The molecule has 0 spiro atoms. The molecule has 0 aliphatic carbocycles. The van der Waals surface area contributed by atoms with Crippen LogP contribution in [0.3, 0.4) is 0 Å². The molecular weight excluding hydrogens is 586 g/mol. The molecule has 3 aromatic rings. The van der Waals surface area contributed by atoms with Gasteiger partial charge in [0.1, 0.15) is 17.4 Å². The highest BCUT2D eigenvalue weighted by Crippen LogP contribution is 2.34. The number of aryl methyl sites for hydroxylation is 3. The second kappa shape index (κ2) is 12.0. The van der Waals surface area contributed by atoms with Gasteiger partial charge in [0.15, 0.2) is 6.61 Å². The summed E-state index contributed by atoms with van der Waals surface area (Å²) in [6.45, 7) is 7.51. The van der Waals surface area contributed by atoms with Crippen molar-refractivity contribution in [3.05, 3.63) is 90.9 Å². The van der Waals surface area contributed by atoms with Crippen LogP contribution in [0.2, 0.25) is 0 Å². The molecule has 2 N–H and O–H groups in total. The van der Waals surface area contributed by atoms with Crippen LogP contribution in [-0.2, 0) is 9.59 Å². The predicted molar refractivity (Wildman–Crippen MR) is 150 cm³/mol. The first-order valence-electron chi connectivity index (χ1n) is 11.1. The van der Waals surface area contributed by atoms with Gasteiger partial charge in [-0.15, -0.1) is 0 Å². The fourth-order valence-electron chi connectivity index (χ4n) is 3.50. The Morgan fingerprint density at radius 2 is 1.72 bits per heavy atom. The zero-order valence-corrected chi connectivity index (χ0v) is 23.5. The number of carbonyl (C=O) groups excluding carboxylic acids is 2. The number of halogens is 2. The van der Waals surface area contributed by atoms with Gasteiger partial charge in [0, 0.05) is 21.4 Å². The molecule has 3 rings (SSSR count). The summed E-state index contributed by atoms with van der Waals surface area (Å²) in [5.41, 5.74) is 5.71. The van der Waals surface area contributed by atoms with Gasteiger partial charge in [0.05, 0.1) is 4.47 Å². The number of anilines is 2. The van der Waals surface area contributed by atoms with Gasteiger partial charge in [0.2, 0.25) is 0 Å². The molecule has 0 saturated heterocycles. The predicted octanol–water partition coefficient (Wildman–Crippen LogP) is 7.01. The molecule has 0 radical (unpaired) electrons. The fourth-order valence-corrected chi connectivity index (χ4v) is 4.87. The summed E-state index contributed by atoms with van der Waals surface area (Å²) in [7, 11) is 0. The van der Waals surface area contributed by atoms with Crippen LogP contribution >= 0.6 is 31.9 Å². The van der Waals surface area contributed by atoms with Crippen molar-refractivity contribution >= 4 is 61.1 Å². The highest BCUT2D eigenvalue weighted by molar-refractivity contribution is 9.11. The number of nitrogens with zero attached hydrogens (tertiary/aromatic N) is 1. The molecule has 36 heavy (non-hydrogen) atoms. The Kier molecular flexibility index (Phi) is 9.08. The summed E-state index contributed by atoms with van der Waals surface area (Å²) in [6, 6.07) is 16.8. The Bertz CT molecular complexity index is 1410. The van der Waals surface area contributed by atoms with E-state index in [-0.39, 0.29) is 18.1 Å². The van der Waals surface area contributed by atoms with E-state index in [2.05, 4.69) is 42.5 Å². The van der Waals surface area contributed by atoms with Gasteiger partial charge >= 0.3 is 0 Å². The van der Waals surface area contributed by atoms with Gasteiger partial charge in [-0.25, -0.2) is 0 Å². The number of benzene rings is 3. The van der Waals surface area contributed by atoms with E-state index in [1.807, 2.05) is 64.1 Å². The number of carbonyl (C=O) groups is 2. The van der Waals surface area contributed by atoms with Crippen LogP contribution in [0.5, 0.6) is 5.75 Å². The highest BCUT2D eigenvalue weighted by Gasteiger charge is 2.16. The maximum Gasteiger partial charge on any atom is 0.266 e. The normalized spacial score (nSPS) is 11.0. The third-order valence-corrected chi connectivity index (χ3v) is 6.61. The Hall–Kier alpha value is -3.41. The van der Waals surface area contributed by atoms with Crippen LogP contribution < -0.4 is 15.4 Å². The molecule has 3 aromatic carbocycles. The quantitative estimate of drug-likeness (QED) is 0.222. The zero-order chi connectivity index (χ0) is 26.4. The molecule has 0 atom stereocenters. The first-order chi connectivity index (χ1) is 17.1. The van der Waals surface area contributed by atoms with Crippen molar-refractivity contribution < 1.29 is 14.3 Å². The molecule has 0 bridgehead atoms. The Labute approximate surface area is 227 Å². The Morgan fingerprint density at radius 1 is 0.972 bits per heavy atom. The van der Waals surface area contributed by atoms with Crippen LogP contribution in [0.4, 0.5) is 11.4 Å². The maximum atomic E-state index is 12.9. The molecular formula is C28H25Br2N3O3. The van der Waals surface area contributed by atoms with Crippen LogP contribution in [0.1, 0.15) is 27.8 Å². The van der Waals surface area contributed by atoms with Crippen molar-refractivity contribution in [3.8, 4) is 11.8 Å². The standard InChI is InChI=1S/C28H25Br2N3O3/c1-16-8-9-24(18(3)10-16)33-28(35)21(14-31)11-20-12-22(29)13-23(30)27(20)36-15-26(34)32-25-7-5-6-17(2)19(25)4/h5-13H,15H2,1-4H3,(H,32,34)(H,33,35)/b21-11+. The summed E-state index contributed by atoms with van der Waals surface area (Å²) in [4.78, 5) is 25.5. The number of nitriles is 1. The lowest BCUT2D eigenvalue weighted by atomic mass is 10.1. The Morgan fingerprint density at radius 3 is 2.42 bits per heavy atom. The minimum absolute atomic E-state index is 0.107. The Balaban J connectivity index is 1.83. The number of hydrogen-bond acceptors (Lipinski definition) is 4. The van der Waals surface area contributed by atoms with Crippen LogP contribution in [0.15, 0.2) is 63.0 Å². The molecule has 0 saturated carbocycles. The van der Waals surface area contributed by atoms with Crippen molar-refractivity contribution in [2.45, 2.75) is 27.7 Å². The monoisotopic (exact) mass is 609 g/mol. The van der Waals surface area contributed by atoms with Crippen molar-refractivity contribution in [3.63, 3.8) is 0 Å². The smallest absolute Gasteiger partial charge is 0.266 e. The second-order valence-corrected chi connectivity index (χ2v) is 10.1. The first-order valence-corrected chi connectivity index (χ1v) is 12.7. The number of amides is 2. The molecule has 0 aromatic heterocycles. The summed E-state index contributed by atoms with van der Waals surface area (Å²) in [5, 5.41) is 15.3. The minimum atomic E-state index is -0.542. The molecule has 184 valence electrons. The number of nitrogens with one attached hydrogen (secondary N) is 2. The molecule has 0 aliphatic rings.